The molecule has 12 rings (SSSR count). The second-order valence-corrected chi connectivity index (χ2v) is 15.8. The third kappa shape index (κ3) is 6.08. The van der Waals surface area contributed by atoms with Crippen molar-refractivity contribution in [1.82, 2.24) is 19.9 Å². The second-order valence-electron chi connectivity index (χ2n) is 15.8. The first-order chi connectivity index (χ1) is 30.7. The van der Waals surface area contributed by atoms with Gasteiger partial charge in [0.15, 0.2) is 5.82 Å². The van der Waals surface area contributed by atoms with E-state index in [1.165, 1.54) is 21.5 Å². The molecule has 0 unspecified atom stereocenters. The average Bonchev–Trinajstić information content (AvgIpc) is 3.35. The average molecular weight is 789 g/mol. The molecule has 9 aromatic carbocycles. The zero-order valence-corrected chi connectivity index (χ0v) is 33.6. The van der Waals surface area contributed by atoms with E-state index in [0.717, 1.165) is 94.0 Å². The molecular weight excluding hydrogens is 753 g/mol. The van der Waals surface area contributed by atoms with Crippen LogP contribution in [-0.2, 0) is 0 Å². The summed E-state index contributed by atoms with van der Waals surface area (Å²) in [6, 6.07) is 73.1. The third-order valence-corrected chi connectivity index (χ3v) is 12.2. The highest BCUT2D eigenvalue weighted by Crippen LogP contribution is 2.42. The lowest BCUT2D eigenvalue weighted by atomic mass is 9.90. The topological polar surface area (TPSA) is 51.6 Å². The molecule has 0 bridgehead atoms. The van der Waals surface area contributed by atoms with Gasteiger partial charge < -0.3 is 0 Å². The number of fused-ring (bicyclic) bond motifs is 5. The molecule has 0 aliphatic rings. The molecule has 0 atom stereocenters. The summed E-state index contributed by atoms with van der Waals surface area (Å²) in [7, 11) is 0. The number of rotatable bonds is 6. The van der Waals surface area contributed by atoms with Crippen molar-refractivity contribution in [2.75, 3.05) is 0 Å². The summed E-state index contributed by atoms with van der Waals surface area (Å²) in [6.45, 7) is 0. The van der Waals surface area contributed by atoms with Crippen molar-refractivity contribution in [3.63, 3.8) is 0 Å². The predicted octanol–water partition coefficient (Wildman–Crippen LogP) is 15.0. The lowest BCUT2D eigenvalue weighted by molar-refractivity contribution is 1.23. The summed E-state index contributed by atoms with van der Waals surface area (Å²) in [5.74, 6) is 0.657. The number of hydrogen-bond donors (Lipinski definition) is 0. The number of pyridine rings is 2. The molecule has 4 heteroatoms. The Morgan fingerprint density at radius 3 is 1.26 bits per heavy atom. The zero-order valence-electron chi connectivity index (χ0n) is 33.6. The highest BCUT2D eigenvalue weighted by Gasteiger charge is 2.20. The van der Waals surface area contributed by atoms with Crippen molar-refractivity contribution in [2.45, 2.75) is 0 Å². The van der Waals surface area contributed by atoms with Gasteiger partial charge in [0.1, 0.15) is 0 Å². The molecule has 3 heterocycles. The Balaban J connectivity index is 1.11. The minimum atomic E-state index is 0.657. The second kappa shape index (κ2) is 14.7. The lowest BCUT2D eigenvalue weighted by Crippen LogP contribution is -1.98. The van der Waals surface area contributed by atoms with Gasteiger partial charge in [0.2, 0.25) is 0 Å². The first-order valence-corrected chi connectivity index (χ1v) is 20.9. The van der Waals surface area contributed by atoms with Crippen molar-refractivity contribution >= 4 is 54.0 Å². The van der Waals surface area contributed by atoms with Crippen molar-refractivity contribution < 1.29 is 0 Å². The standard InChI is InChI=1S/C58H36N4/c1-5-17-46-37(11-1)15-9-21-48(46)45-35-52(51-22-10-16-38-12-2-6-18-47(38)51)57-53(36-45)56(43-25-23-41(24-26-43)54-49-19-7-3-13-39(49)31-33-59-54)61-58(62-57)44-29-27-42(28-30-44)55-50-20-8-4-14-40(50)32-34-60-55/h1-36H. The van der Waals surface area contributed by atoms with Crippen LogP contribution < -0.4 is 0 Å². The molecule has 0 amide bonds. The molecule has 0 aliphatic carbocycles. The lowest BCUT2D eigenvalue weighted by Gasteiger charge is -2.17. The summed E-state index contributed by atoms with van der Waals surface area (Å²) in [5, 5.41) is 10.3. The highest BCUT2D eigenvalue weighted by atomic mass is 14.9. The Kier molecular flexibility index (Phi) is 8.46. The third-order valence-electron chi connectivity index (χ3n) is 12.2. The Morgan fingerprint density at radius 1 is 0.258 bits per heavy atom. The number of aromatic nitrogens is 4. The van der Waals surface area contributed by atoms with Crippen LogP contribution in [0.5, 0.6) is 0 Å². The van der Waals surface area contributed by atoms with Crippen LogP contribution >= 0.6 is 0 Å². The van der Waals surface area contributed by atoms with E-state index in [-0.39, 0.29) is 0 Å². The maximum absolute atomic E-state index is 5.53. The van der Waals surface area contributed by atoms with E-state index in [2.05, 4.69) is 206 Å². The van der Waals surface area contributed by atoms with E-state index in [0.29, 0.717) is 5.82 Å². The molecule has 12 aromatic rings. The van der Waals surface area contributed by atoms with Crippen molar-refractivity contribution in [1.29, 1.82) is 0 Å². The first kappa shape index (κ1) is 35.6. The fraction of sp³-hybridized carbons (Fsp3) is 0. The van der Waals surface area contributed by atoms with Crippen molar-refractivity contribution in [3.05, 3.63) is 219 Å². The van der Waals surface area contributed by atoms with Crippen LogP contribution in [0.3, 0.4) is 0 Å². The Bertz CT molecular complexity index is 3670. The molecule has 4 nitrogen and oxygen atoms in total. The normalized spacial score (nSPS) is 11.5. The number of nitrogens with zero attached hydrogens (tertiary/aromatic N) is 4. The maximum atomic E-state index is 5.53. The predicted molar refractivity (Wildman–Crippen MR) is 258 cm³/mol. The summed E-state index contributed by atoms with van der Waals surface area (Å²) >= 11 is 0. The van der Waals surface area contributed by atoms with Crippen LogP contribution in [0.25, 0.3) is 121 Å². The quantitative estimate of drug-likeness (QED) is 0.168. The fourth-order valence-electron chi connectivity index (χ4n) is 9.14. The molecule has 62 heavy (non-hydrogen) atoms. The maximum Gasteiger partial charge on any atom is 0.160 e. The van der Waals surface area contributed by atoms with Crippen LogP contribution in [0, 0.1) is 0 Å². The van der Waals surface area contributed by atoms with E-state index in [9.17, 15) is 0 Å². The van der Waals surface area contributed by atoms with Gasteiger partial charge in [-0.3, -0.25) is 9.97 Å². The van der Waals surface area contributed by atoms with Gasteiger partial charge in [0.25, 0.3) is 0 Å². The van der Waals surface area contributed by atoms with Crippen LogP contribution in [-0.4, -0.2) is 19.9 Å². The van der Waals surface area contributed by atoms with Crippen LogP contribution in [0.2, 0.25) is 0 Å². The van der Waals surface area contributed by atoms with Gasteiger partial charge in [-0.1, -0.05) is 182 Å². The molecule has 0 fully saturated rings. The molecule has 0 N–H and O–H groups in total. The molecule has 0 saturated heterocycles. The van der Waals surface area contributed by atoms with Crippen molar-refractivity contribution in [2.24, 2.45) is 0 Å². The monoisotopic (exact) mass is 788 g/mol. The van der Waals surface area contributed by atoms with Gasteiger partial charge in [-0.2, -0.15) is 0 Å². The van der Waals surface area contributed by atoms with Crippen molar-refractivity contribution in [3.8, 4) is 67.4 Å². The van der Waals surface area contributed by atoms with E-state index in [1.54, 1.807) is 0 Å². The molecule has 3 aromatic heterocycles. The summed E-state index contributed by atoms with van der Waals surface area (Å²) in [5.41, 5.74) is 12.1. The zero-order chi connectivity index (χ0) is 41.0. The Morgan fingerprint density at radius 2 is 0.694 bits per heavy atom. The molecule has 288 valence electrons. The Labute approximate surface area is 358 Å². The molecule has 0 saturated carbocycles. The smallest absolute Gasteiger partial charge is 0.160 e. The minimum absolute atomic E-state index is 0.657. The number of hydrogen-bond acceptors (Lipinski definition) is 4. The molecule has 0 spiro atoms. The van der Waals surface area contributed by atoms with E-state index in [1.807, 2.05) is 12.4 Å². The van der Waals surface area contributed by atoms with E-state index in [4.69, 9.17) is 19.9 Å². The first-order valence-electron chi connectivity index (χ1n) is 20.9. The van der Waals surface area contributed by atoms with Gasteiger partial charge in [-0.25, -0.2) is 9.97 Å². The number of benzene rings is 9. The van der Waals surface area contributed by atoms with Crippen LogP contribution in [0.15, 0.2) is 219 Å². The largest absolute Gasteiger partial charge is 0.256 e. The van der Waals surface area contributed by atoms with Crippen LogP contribution in [0.1, 0.15) is 0 Å². The fourth-order valence-corrected chi connectivity index (χ4v) is 9.14. The summed E-state index contributed by atoms with van der Waals surface area (Å²) in [4.78, 5) is 20.7. The van der Waals surface area contributed by atoms with Gasteiger partial charge in [-0.15, -0.1) is 0 Å². The van der Waals surface area contributed by atoms with Crippen LogP contribution in [0.4, 0.5) is 0 Å². The molecule has 0 radical (unpaired) electrons. The summed E-state index contributed by atoms with van der Waals surface area (Å²) < 4.78 is 0. The van der Waals surface area contributed by atoms with Gasteiger partial charge in [0, 0.05) is 56.4 Å². The summed E-state index contributed by atoms with van der Waals surface area (Å²) in [6.07, 6.45) is 3.77. The van der Waals surface area contributed by atoms with E-state index >= 15 is 0 Å². The van der Waals surface area contributed by atoms with Gasteiger partial charge >= 0.3 is 0 Å². The van der Waals surface area contributed by atoms with Gasteiger partial charge in [-0.05, 0) is 73.3 Å². The minimum Gasteiger partial charge on any atom is -0.256 e. The van der Waals surface area contributed by atoms with Gasteiger partial charge in [0.05, 0.1) is 22.6 Å². The molecule has 0 aliphatic heterocycles. The SMILES string of the molecule is c1ccc2c(-c3cc(-c4cccc5ccccc45)c4nc(-c5ccc(-c6nccc7ccccc67)cc5)nc(-c5ccc(-c6nccc7ccccc67)cc5)c4c3)cccc2c1. The Hall–Kier alpha value is -8.34. The molecular formula is C58H36N4. The highest BCUT2D eigenvalue weighted by molar-refractivity contribution is 6.11. The van der Waals surface area contributed by atoms with E-state index < -0.39 is 0 Å².